The molecule has 2 N–H and O–H groups in total. The van der Waals surface area contributed by atoms with Crippen LogP contribution in [0, 0.1) is 0 Å². The number of anilines is 1. The van der Waals surface area contributed by atoms with Crippen molar-refractivity contribution in [3.63, 3.8) is 0 Å². The van der Waals surface area contributed by atoms with E-state index in [0.29, 0.717) is 26.4 Å². The van der Waals surface area contributed by atoms with Crippen molar-refractivity contribution in [2.24, 2.45) is 5.10 Å². The molecule has 0 aromatic heterocycles. The van der Waals surface area contributed by atoms with Crippen LogP contribution in [0.15, 0.2) is 41.5 Å². The highest BCUT2D eigenvalue weighted by atomic mass is 35.5. The number of methoxy groups -OCH3 is 1. The lowest BCUT2D eigenvalue weighted by Crippen LogP contribution is -2.32. The summed E-state index contributed by atoms with van der Waals surface area (Å²) in [4.78, 5) is 23.7. The fourth-order valence-electron chi connectivity index (χ4n) is 1.77. The SMILES string of the molecule is COc1ccc(Cl)cc1NC(=O)C(=O)N/N=C/c1ccc(Cl)cc1Cl. The summed E-state index contributed by atoms with van der Waals surface area (Å²) in [7, 11) is 1.43. The van der Waals surface area contributed by atoms with E-state index in [0.717, 1.165) is 0 Å². The minimum atomic E-state index is -0.969. The second-order valence-corrected chi connectivity index (χ2v) is 5.94. The molecule has 0 spiro atoms. The molecule has 0 unspecified atom stereocenters. The number of hydrogen-bond donors (Lipinski definition) is 2. The smallest absolute Gasteiger partial charge is 0.329 e. The first-order chi connectivity index (χ1) is 11.9. The number of benzene rings is 2. The van der Waals surface area contributed by atoms with Crippen LogP contribution in [0.1, 0.15) is 5.56 Å². The average Bonchev–Trinajstić information content (AvgIpc) is 2.57. The molecule has 0 saturated carbocycles. The van der Waals surface area contributed by atoms with Gasteiger partial charge < -0.3 is 10.1 Å². The van der Waals surface area contributed by atoms with Gasteiger partial charge in [-0.15, -0.1) is 0 Å². The fraction of sp³-hybridized carbons (Fsp3) is 0.0625. The molecule has 0 heterocycles. The Kier molecular flexibility index (Phi) is 6.64. The second kappa shape index (κ2) is 8.71. The Hall–Kier alpha value is -2.28. The third-order valence-electron chi connectivity index (χ3n) is 2.95. The van der Waals surface area contributed by atoms with Gasteiger partial charge in [0.25, 0.3) is 0 Å². The average molecular weight is 401 g/mol. The quantitative estimate of drug-likeness (QED) is 0.466. The molecule has 0 aliphatic rings. The second-order valence-electron chi connectivity index (χ2n) is 4.66. The Morgan fingerprint density at radius 2 is 1.72 bits per heavy atom. The van der Waals surface area contributed by atoms with E-state index >= 15 is 0 Å². The van der Waals surface area contributed by atoms with E-state index < -0.39 is 11.8 Å². The number of rotatable bonds is 4. The summed E-state index contributed by atoms with van der Waals surface area (Å²) in [5, 5.41) is 7.29. The van der Waals surface area contributed by atoms with Crippen molar-refractivity contribution in [3.05, 3.63) is 57.0 Å². The normalized spacial score (nSPS) is 10.6. The van der Waals surface area contributed by atoms with Gasteiger partial charge in [0.15, 0.2) is 0 Å². The highest BCUT2D eigenvalue weighted by Gasteiger charge is 2.15. The van der Waals surface area contributed by atoms with E-state index in [4.69, 9.17) is 39.5 Å². The molecule has 6 nitrogen and oxygen atoms in total. The van der Waals surface area contributed by atoms with Crippen molar-refractivity contribution in [1.82, 2.24) is 5.43 Å². The lowest BCUT2D eigenvalue weighted by Gasteiger charge is -2.09. The Labute approximate surface area is 158 Å². The monoisotopic (exact) mass is 399 g/mol. The van der Waals surface area contributed by atoms with Crippen molar-refractivity contribution in [3.8, 4) is 5.75 Å². The van der Waals surface area contributed by atoms with E-state index in [-0.39, 0.29) is 5.69 Å². The highest BCUT2D eigenvalue weighted by molar-refractivity contribution is 6.40. The summed E-state index contributed by atoms with van der Waals surface area (Å²) in [5.74, 6) is -1.54. The molecule has 0 atom stereocenters. The summed E-state index contributed by atoms with van der Waals surface area (Å²) in [6, 6.07) is 9.39. The molecule has 2 rings (SSSR count). The van der Waals surface area contributed by atoms with Gasteiger partial charge in [-0.05, 0) is 30.3 Å². The number of carbonyl (C=O) groups excluding carboxylic acids is 2. The molecule has 9 heteroatoms. The number of ether oxygens (including phenoxy) is 1. The van der Waals surface area contributed by atoms with Gasteiger partial charge in [-0.25, -0.2) is 5.43 Å². The Morgan fingerprint density at radius 1 is 1.04 bits per heavy atom. The van der Waals surface area contributed by atoms with Gasteiger partial charge in [-0.2, -0.15) is 5.10 Å². The molecule has 0 aliphatic heterocycles. The van der Waals surface area contributed by atoms with Crippen molar-refractivity contribution >= 4 is 58.5 Å². The van der Waals surface area contributed by atoms with E-state index in [1.807, 2.05) is 0 Å². The third kappa shape index (κ3) is 5.35. The number of nitrogens with zero attached hydrogens (tertiary/aromatic N) is 1. The number of carbonyl (C=O) groups is 2. The van der Waals surface area contributed by atoms with Gasteiger partial charge in [0.2, 0.25) is 0 Å². The first kappa shape index (κ1) is 19.1. The Morgan fingerprint density at radius 3 is 2.40 bits per heavy atom. The van der Waals surface area contributed by atoms with Crippen LogP contribution < -0.4 is 15.5 Å². The molecule has 0 fully saturated rings. The third-order valence-corrected chi connectivity index (χ3v) is 3.75. The first-order valence-corrected chi connectivity index (χ1v) is 7.97. The lowest BCUT2D eigenvalue weighted by atomic mass is 10.2. The van der Waals surface area contributed by atoms with Gasteiger partial charge in [-0.1, -0.05) is 40.9 Å². The van der Waals surface area contributed by atoms with Crippen LogP contribution in [0.3, 0.4) is 0 Å². The molecular formula is C16H12Cl3N3O3. The lowest BCUT2D eigenvalue weighted by molar-refractivity contribution is -0.136. The maximum Gasteiger partial charge on any atom is 0.329 e. The molecule has 0 saturated heterocycles. The van der Waals surface area contributed by atoms with E-state index in [9.17, 15) is 9.59 Å². The summed E-state index contributed by atoms with van der Waals surface area (Å²) in [6.45, 7) is 0. The number of amides is 2. The van der Waals surface area contributed by atoms with Gasteiger partial charge in [0, 0.05) is 15.6 Å². The topological polar surface area (TPSA) is 79.8 Å². The number of nitrogens with one attached hydrogen (secondary N) is 2. The number of halogens is 3. The maximum atomic E-state index is 11.9. The molecule has 0 radical (unpaired) electrons. The van der Waals surface area contributed by atoms with Crippen molar-refractivity contribution in [2.45, 2.75) is 0 Å². The zero-order chi connectivity index (χ0) is 18.4. The standard InChI is InChI=1S/C16H12Cl3N3O3/c1-25-14-5-4-11(18)7-13(14)21-15(23)16(24)22-20-8-9-2-3-10(17)6-12(9)19/h2-8H,1H3,(H,21,23)(H,22,24)/b20-8+. The molecule has 25 heavy (non-hydrogen) atoms. The summed E-state index contributed by atoms with van der Waals surface area (Å²) in [6.07, 6.45) is 1.30. The molecular weight excluding hydrogens is 389 g/mol. The summed E-state index contributed by atoms with van der Waals surface area (Å²) >= 11 is 17.6. The van der Waals surface area contributed by atoms with Crippen molar-refractivity contribution < 1.29 is 14.3 Å². The Balaban J connectivity index is 2.00. The number of hydrogen-bond acceptors (Lipinski definition) is 4. The zero-order valence-corrected chi connectivity index (χ0v) is 15.1. The van der Waals surface area contributed by atoms with E-state index in [1.165, 1.54) is 25.5 Å². The van der Waals surface area contributed by atoms with Gasteiger partial charge in [0.1, 0.15) is 5.75 Å². The Bertz CT molecular complexity index is 841. The predicted molar refractivity (Wildman–Crippen MR) is 98.8 cm³/mol. The molecule has 0 aliphatic carbocycles. The van der Waals surface area contributed by atoms with Crippen LogP contribution in [0.2, 0.25) is 15.1 Å². The van der Waals surface area contributed by atoms with Gasteiger partial charge in [0.05, 0.1) is 24.0 Å². The minimum absolute atomic E-state index is 0.264. The van der Waals surface area contributed by atoms with Crippen LogP contribution in [0.4, 0.5) is 5.69 Å². The van der Waals surface area contributed by atoms with Crippen LogP contribution in [-0.2, 0) is 9.59 Å². The van der Waals surface area contributed by atoms with Crippen LogP contribution >= 0.6 is 34.8 Å². The summed E-state index contributed by atoms with van der Waals surface area (Å²) in [5.41, 5.74) is 2.89. The minimum Gasteiger partial charge on any atom is -0.495 e. The maximum absolute atomic E-state index is 11.9. The van der Waals surface area contributed by atoms with Crippen molar-refractivity contribution in [1.29, 1.82) is 0 Å². The highest BCUT2D eigenvalue weighted by Crippen LogP contribution is 2.27. The molecule has 130 valence electrons. The molecule has 2 aromatic rings. The van der Waals surface area contributed by atoms with E-state index in [2.05, 4.69) is 15.8 Å². The van der Waals surface area contributed by atoms with Crippen LogP contribution in [0.5, 0.6) is 5.75 Å². The van der Waals surface area contributed by atoms with Crippen LogP contribution in [0.25, 0.3) is 0 Å². The van der Waals surface area contributed by atoms with E-state index in [1.54, 1.807) is 24.3 Å². The van der Waals surface area contributed by atoms with Crippen LogP contribution in [-0.4, -0.2) is 25.1 Å². The van der Waals surface area contributed by atoms with Gasteiger partial charge >= 0.3 is 11.8 Å². The molecule has 0 bridgehead atoms. The summed E-state index contributed by atoms with van der Waals surface area (Å²) < 4.78 is 5.08. The van der Waals surface area contributed by atoms with Gasteiger partial charge in [-0.3, -0.25) is 9.59 Å². The largest absolute Gasteiger partial charge is 0.495 e. The molecule has 2 aromatic carbocycles. The fourth-order valence-corrected chi connectivity index (χ4v) is 2.40. The number of hydrazone groups is 1. The predicted octanol–water partition coefficient (Wildman–Crippen LogP) is 3.74. The first-order valence-electron chi connectivity index (χ1n) is 6.83. The molecule has 2 amide bonds. The van der Waals surface area contributed by atoms with Crippen molar-refractivity contribution in [2.75, 3.05) is 12.4 Å². The zero-order valence-electron chi connectivity index (χ0n) is 12.8.